The molecule has 90 valence electrons. The van der Waals surface area contributed by atoms with Crippen LogP contribution in [0.1, 0.15) is 19.4 Å². The lowest BCUT2D eigenvalue weighted by Gasteiger charge is -2.19. The van der Waals surface area contributed by atoms with Gasteiger partial charge in [-0.05, 0) is 42.4 Å². The summed E-state index contributed by atoms with van der Waals surface area (Å²) in [6.07, 6.45) is 0. The normalized spacial score (nSPS) is 12.9. The zero-order chi connectivity index (χ0) is 12.1. The molecule has 16 heavy (non-hydrogen) atoms. The Hall–Kier alpha value is -0.340. The highest BCUT2D eigenvalue weighted by Gasteiger charge is 2.12. The van der Waals surface area contributed by atoms with E-state index >= 15 is 0 Å². The summed E-state index contributed by atoms with van der Waals surface area (Å²) in [7, 11) is 0. The fourth-order valence-electron chi connectivity index (χ4n) is 1.37. The Morgan fingerprint density at radius 2 is 2.06 bits per heavy atom. The average molecular weight is 259 g/mol. The molecule has 0 N–H and O–H groups in total. The number of aryl methyl sites for hydroxylation is 1. The van der Waals surface area contributed by atoms with Crippen molar-refractivity contribution in [2.75, 3.05) is 12.4 Å². The minimum Gasteiger partial charge on any atom is -0.493 e. The monoisotopic (exact) mass is 258 g/mol. The smallest absolute Gasteiger partial charge is 0.119 e. The number of rotatable bonds is 5. The van der Waals surface area contributed by atoms with E-state index in [0.717, 1.165) is 22.1 Å². The number of hydrogen-bond acceptors (Lipinski definition) is 2. The summed E-state index contributed by atoms with van der Waals surface area (Å²) in [6.45, 7) is 7.07. The van der Waals surface area contributed by atoms with Gasteiger partial charge in [0, 0.05) is 10.9 Å². The molecule has 0 spiro atoms. The van der Waals surface area contributed by atoms with Crippen LogP contribution in [0.4, 0.5) is 0 Å². The lowest BCUT2D eigenvalue weighted by atomic mass is 9.99. The van der Waals surface area contributed by atoms with Gasteiger partial charge in [-0.1, -0.05) is 25.4 Å². The molecule has 0 fully saturated rings. The van der Waals surface area contributed by atoms with E-state index in [1.54, 1.807) is 0 Å². The Morgan fingerprint density at radius 1 is 1.38 bits per heavy atom. The zero-order valence-corrected chi connectivity index (χ0v) is 11.7. The van der Waals surface area contributed by atoms with Gasteiger partial charge in [-0.25, -0.2) is 0 Å². The summed E-state index contributed by atoms with van der Waals surface area (Å²) in [6, 6.07) is 5.75. The van der Waals surface area contributed by atoms with Crippen molar-refractivity contribution in [3.63, 3.8) is 0 Å². The highest BCUT2D eigenvalue weighted by molar-refractivity contribution is 7.80. The van der Waals surface area contributed by atoms with Gasteiger partial charge in [0.1, 0.15) is 5.75 Å². The summed E-state index contributed by atoms with van der Waals surface area (Å²) in [5, 5.41) is 0.780. The molecular weight excluding hydrogens is 240 g/mol. The molecule has 0 saturated carbocycles. The first-order valence-corrected chi connectivity index (χ1v) is 6.55. The van der Waals surface area contributed by atoms with Crippen molar-refractivity contribution in [3.8, 4) is 5.75 Å². The van der Waals surface area contributed by atoms with Crippen LogP contribution in [0.5, 0.6) is 5.75 Å². The molecule has 3 heteroatoms. The topological polar surface area (TPSA) is 9.23 Å². The standard InChI is InChI=1S/C13H19ClOS/c1-9(2)11(8-16)7-15-12-4-5-13(14)10(3)6-12/h4-6,9,11,16H,7-8H2,1-3H3. The second-order valence-electron chi connectivity index (χ2n) is 4.41. The lowest BCUT2D eigenvalue weighted by Crippen LogP contribution is -2.19. The highest BCUT2D eigenvalue weighted by Crippen LogP contribution is 2.22. The summed E-state index contributed by atoms with van der Waals surface area (Å²) in [4.78, 5) is 0. The Bertz CT molecular complexity index is 339. The SMILES string of the molecule is Cc1cc(OCC(CS)C(C)C)ccc1Cl. The van der Waals surface area contributed by atoms with E-state index in [4.69, 9.17) is 16.3 Å². The summed E-state index contributed by atoms with van der Waals surface area (Å²) < 4.78 is 5.75. The van der Waals surface area contributed by atoms with Gasteiger partial charge in [0.2, 0.25) is 0 Å². The molecule has 1 atom stereocenters. The second-order valence-corrected chi connectivity index (χ2v) is 5.18. The van der Waals surface area contributed by atoms with Crippen LogP contribution >= 0.6 is 24.2 Å². The Labute approximate surface area is 109 Å². The third kappa shape index (κ3) is 3.91. The minimum absolute atomic E-state index is 0.485. The molecule has 1 rings (SSSR count). The van der Waals surface area contributed by atoms with E-state index in [9.17, 15) is 0 Å². The largest absolute Gasteiger partial charge is 0.493 e. The molecule has 1 unspecified atom stereocenters. The Balaban J connectivity index is 2.57. The fourth-order valence-corrected chi connectivity index (χ4v) is 2.01. The van der Waals surface area contributed by atoms with E-state index in [1.807, 2.05) is 25.1 Å². The fraction of sp³-hybridized carbons (Fsp3) is 0.538. The van der Waals surface area contributed by atoms with Gasteiger partial charge in [-0.2, -0.15) is 12.6 Å². The van der Waals surface area contributed by atoms with Crippen LogP contribution in [0.2, 0.25) is 5.02 Å². The zero-order valence-electron chi connectivity index (χ0n) is 10.0. The Kier molecular flexibility index (Phi) is 5.50. The number of hydrogen-bond donors (Lipinski definition) is 1. The number of halogens is 1. The molecule has 0 aromatic heterocycles. The molecule has 1 nitrogen and oxygen atoms in total. The first kappa shape index (κ1) is 13.7. The number of benzene rings is 1. The first-order chi connectivity index (χ1) is 7.54. The van der Waals surface area contributed by atoms with E-state index in [0.29, 0.717) is 18.4 Å². The quantitative estimate of drug-likeness (QED) is 0.778. The van der Waals surface area contributed by atoms with Gasteiger partial charge in [0.15, 0.2) is 0 Å². The van der Waals surface area contributed by atoms with Crippen molar-refractivity contribution in [1.29, 1.82) is 0 Å². The highest BCUT2D eigenvalue weighted by atomic mass is 35.5. The van der Waals surface area contributed by atoms with Crippen LogP contribution in [0, 0.1) is 18.8 Å². The van der Waals surface area contributed by atoms with E-state index in [-0.39, 0.29) is 0 Å². The predicted molar refractivity (Wildman–Crippen MR) is 73.9 cm³/mol. The van der Waals surface area contributed by atoms with Gasteiger partial charge in [0.05, 0.1) is 6.61 Å². The molecular formula is C13H19ClOS. The van der Waals surface area contributed by atoms with Gasteiger partial charge in [0.25, 0.3) is 0 Å². The van der Waals surface area contributed by atoms with Gasteiger partial charge in [-0.3, -0.25) is 0 Å². The summed E-state index contributed by atoms with van der Waals surface area (Å²) in [5.41, 5.74) is 1.05. The van der Waals surface area contributed by atoms with Crippen molar-refractivity contribution in [2.24, 2.45) is 11.8 Å². The number of thiol groups is 1. The van der Waals surface area contributed by atoms with E-state index < -0.39 is 0 Å². The van der Waals surface area contributed by atoms with Crippen LogP contribution in [0.3, 0.4) is 0 Å². The maximum Gasteiger partial charge on any atom is 0.119 e. The van der Waals surface area contributed by atoms with Crippen LogP contribution in [-0.4, -0.2) is 12.4 Å². The molecule has 0 saturated heterocycles. The van der Waals surface area contributed by atoms with Gasteiger partial charge >= 0.3 is 0 Å². The van der Waals surface area contributed by atoms with Crippen molar-refractivity contribution >= 4 is 24.2 Å². The minimum atomic E-state index is 0.485. The van der Waals surface area contributed by atoms with Crippen molar-refractivity contribution in [3.05, 3.63) is 28.8 Å². The van der Waals surface area contributed by atoms with Crippen LogP contribution in [0.25, 0.3) is 0 Å². The molecule has 0 aliphatic heterocycles. The molecule has 0 amide bonds. The molecule has 0 radical (unpaired) electrons. The van der Waals surface area contributed by atoms with E-state index in [2.05, 4.69) is 26.5 Å². The van der Waals surface area contributed by atoms with Crippen LogP contribution < -0.4 is 4.74 Å². The van der Waals surface area contributed by atoms with Crippen LogP contribution in [-0.2, 0) is 0 Å². The Morgan fingerprint density at radius 3 is 2.56 bits per heavy atom. The molecule has 0 bridgehead atoms. The predicted octanol–water partition coefficient (Wildman–Crippen LogP) is 4.23. The van der Waals surface area contributed by atoms with Crippen molar-refractivity contribution in [1.82, 2.24) is 0 Å². The summed E-state index contributed by atoms with van der Waals surface area (Å²) in [5.74, 6) is 2.81. The average Bonchev–Trinajstić information content (AvgIpc) is 2.23. The maximum absolute atomic E-state index is 5.95. The molecule has 0 heterocycles. The van der Waals surface area contributed by atoms with Crippen LogP contribution in [0.15, 0.2) is 18.2 Å². The second kappa shape index (κ2) is 6.41. The molecule has 0 aliphatic carbocycles. The molecule has 0 aliphatic rings. The van der Waals surface area contributed by atoms with Gasteiger partial charge < -0.3 is 4.74 Å². The maximum atomic E-state index is 5.95. The first-order valence-electron chi connectivity index (χ1n) is 5.54. The van der Waals surface area contributed by atoms with Crippen molar-refractivity contribution in [2.45, 2.75) is 20.8 Å². The summed E-state index contributed by atoms with van der Waals surface area (Å²) >= 11 is 10.3. The van der Waals surface area contributed by atoms with Crippen molar-refractivity contribution < 1.29 is 4.74 Å². The molecule has 1 aromatic carbocycles. The third-order valence-corrected chi connectivity index (χ3v) is 3.66. The van der Waals surface area contributed by atoms with E-state index in [1.165, 1.54) is 0 Å². The molecule has 1 aromatic rings. The third-order valence-electron chi connectivity index (χ3n) is 2.77. The lowest BCUT2D eigenvalue weighted by molar-refractivity contribution is 0.227. The van der Waals surface area contributed by atoms with Gasteiger partial charge in [-0.15, -0.1) is 0 Å². The number of ether oxygens (including phenoxy) is 1.